The predicted molar refractivity (Wildman–Crippen MR) is 125 cm³/mol. The van der Waals surface area contributed by atoms with Crippen molar-refractivity contribution in [2.45, 2.75) is 6.61 Å². The molecule has 8 heteroatoms. The Bertz CT molecular complexity index is 1300. The fraction of sp³-hybridized carbons (Fsp3) is 0.0417. The summed E-state index contributed by atoms with van der Waals surface area (Å²) in [6.45, 7) is 0.242. The first-order chi connectivity index (χ1) is 15.5. The highest BCUT2D eigenvalue weighted by atomic mass is 79.9. The average Bonchev–Trinajstić information content (AvgIpc) is 3.06. The molecule has 0 unspecified atom stereocenters. The molecule has 1 saturated heterocycles. The predicted octanol–water partition coefficient (Wildman–Crippen LogP) is 5.65. The van der Waals surface area contributed by atoms with Gasteiger partial charge in [0, 0.05) is 10.6 Å². The summed E-state index contributed by atoms with van der Waals surface area (Å²) in [5, 5.41) is 12.2. The fourth-order valence-corrected chi connectivity index (χ4v) is 3.88. The van der Waals surface area contributed by atoms with E-state index in [0.29, 0.717) is 32.1 Å². The van der Waals surface area contributed by atoms with Gasteiger partial charge >= 0.3 is 6.03 Å². The quantitative estimate of drug-likeness (QED) is 0.357. The second kappa shape index (κ2) is 9.27. The average molecular weight is 509 g/mol. The van der Waals surface area contributed by atoms with Crippen LogP contribution in [-0.4, -0.2) is 11.9 Å². The summed E-state index contributed by atoms with van der Waals surface area (Å²) in [4.78, 5) is 26.2. The normalized spacial score (nSPS) is 14.4. The molecule has 0 atom stereocenters. The number of nitrogens with zero attached hydrogens (tertiary/aromatic N) is 2. The minimum absolute atomic E-state index is 0.151. The SMILES string of the molecule is N#Cc1ccccc1COc1ccc(/C=C2/NC(=O)N(c3cccc(Cl)c3)C2=O)cc1Br. The van der Waals surface area contributed by atoms with Gasteiger partial charge in [0.1, 0.15) is 18.1 Å². The van der Waals surface area contributed by atoms with Crippen LogP contribution in [0.4, 0.5) is 10.5 Å². The topological polar surface area (TPSA) is 82.4 Å². The molecule has 0 aromatic heterocycles. The Balaban J connectivity index is 1.51. The van der Waals surface area contributed by atoms with E-state index >= 15 is 0 Å². The van der Waals surface area contributed by atoms with Crippen LogP contribution in [0, 0.1) is 11.3 Å². The molecule has 0 bridgehead atoms. The molecular formula is C24H15BrClN3O3. The molecule has 1 aliphatic heterocycles. The maximum atomic E-state index is 12.8. The first-order valence-electron chi connectivity index (χ1n) is 9.49. The standard InChI is InChI=1S/C24H15BrClN3O3/c25-20-10-15(8-9-22(20)32-14-17-5-2-1-4-16(17)13-27)11-21-23(30)29(24(31)28-21)19-7-3-6-18(26)12-19/h1-12H,14H2,(H,28,31)/b21-11+. The summed E-state index contributed by atoms with van der Waals surface area (Å²) in [5.41, 5.74) is 2.58. The van der Waals surface area contributed by atoms with E-state index in [1.54, 1.807) is 60.7 Å². The van der Waals surface area contributed by atoms with Crippen molar-refractivity contribution in [2.24, 2.45) is 0 Å². The Labute approximate surface area is 197 Å². The van der Waals surface area contributed by atoms with Gasteiger partial charge < -0.3 is 10.1 Å². The fourth-order valence-electron chi connectivity index (χ4n) is 3.19. The molecule has 0 spiro atoms. The first-order valence-corrected chi connectivity index (χ1v) is 10.7. The van der Waals surface area contributed by atoms with Gasteiger partial charge in [-0.3, -0.25) is 4.79 Å². The number of carbonyl (C=O) groups excluding carboxylic acids is 2. The van der Waals surface area contributed by atoms with Gasteiger partial charge in [0.05, 0.1) is 21.8 Å². The third-order valence-corrected chi connectivity index (χ3v) is 5.59. The molecular weight excluding hydrogens is 494 g/mol. The van der Waals surface area contributed by atoms with Crippen molar-refractivity contribution in [3.63, 3.8) is 0 Å². The Hall–Kier alpha value is -3.60. The van der Waals surface area contributed by atoms with E-state index in [1.165, 1.54) is 0 Å². The van der Waals surface area contributed by atoms with E-state index < -0.39 is 11.9 Å². The summed E-state index contributed by atoms with van der Waals surface area (Å²) < 4.78 is 6.51. The smallest absolute Gasteiger partial charge is 0.333 e. The third kappa shape index (κ3) is 4.52. The number of amides is 3. The van der Waals surface area contributed by atoms with Crippen LogP contribution in [0.3, 0.4) is 0 Å². The van der Waals surface area contributed by atoms with E-state index in [9.17, 15) is 14.9 Å². The van der Waals surface area contributed by atoms with Crippen molar-refractivity contribution in [2.75, 3.05) is 4.90 Å². The van der Waals surface area contributed by atoms with Gasteiger partial charge in [-0.25, -0.2) is 9.69 Å². The van der Waals surface area contributed by atoms with Crippen molar-refractivity contribution in [1.82, 2.24) is 5.32 Å². The van der Waals surface area contributed by atoms with Crippen LogP contribution in [0.15, 0.2) is 76.9 Å². The van der Waals surface area contributed by atoms with Gasteiger partial charge in [-0.15, -0.1) is 0 Å². The highest BCUT2D eigenvalue weighted by Crippen LogP contribution is 2.29. The minimum Gasteiger partial charge on any atom is -0.488 e. The summed E-state index contributed by atoms with van der Waals surface area (Å²) in [6.07, 6.45) is 1.59. The summed E-state index contributed by atoms with van der Waals surface area (Å²) in [6, 6.07) is 20.7. The first kappa shape index (κ1) is 21.6. The number of hydrogen-bond acceptors (Lipinski definition) is 4. The zero-order chi connectivity index (χ0) is 22.7. The lowest BCUT2D eigenvalue weighted by Crippen LogP contribution is -2.30. The Morgan fingerprint density at radius 1 is 1.09 bits per heavy atom. The molecule has 158 valence electrons. The molecule has 3 amide bonds. The lowest BCUT2D eigenvalue weighted by molar-refractivity contribution is -0.113. The van der Waals surface area contributed by atoms with Crippen LogP contribution in [0.25, 0.3) is 6.08 Å². The number of carbonyl (C=O) groups is 2. The molecule has 32 heavy (non-hydrogen) atoms. The number of rotatable bonds is 5. The number of benzene rings is 3. The summed E-state index contributed by atoms with van der Waals surface area (Å²) in [5.74, 6) is 0.115. The Morgan fingerprint density at radius 3 is 2.66 bits per heavy atom. The largest absolute Gasteiger partial charge is 0.488 e. The summed E-state index contributed by atoms with van der Waals surface area (Å²) >= 11 is 9.45. The van der Waals surface area contributed by atoms with E-state index in [2.05, 4.69) is 27.3 Å². The maximum Gasteiger partial charge on any atom is 0.333 e. The highest BCUT2D eigenvalue weighted by molar-refractivity contribution is 9.10. The van der Waals surface area contributed by atoms with Crippen LogP contribution in [0.1, 0.15) is 16.7 Å². The number of urea groups is 1. The molecule has 0 radical (unpaired) electrons. The van der Waals surface area contributed by atoms with Gasteiger partial charge in [0.25, 0.3) is 5.91 Å². The van der Waals surface area contributed by atoms with Crippen LogP contribution in [0.2, 0.25) is 5.02 Å². The van der Waals surface area contributed by atoms with E-state index in [4.69, 9.17) is 16.3 Å². The van der Waals surface area contributed by atoms with Crippen LogP contribution >= 0.6 is 27.5 Å². The number of anilines is 1. The lowest BCUT2D eigenvalue weighted by Gasteiger charge is -2.11. The van der Waals surface area contributed by atoms with E-state index in [0.717, 1.165) is 10.5 Å². The van der Waals surface area contributed by atoms with Crippen LogP contribution in [0.5, 0.6) is 5.75 Å². The van der Waals surface area contributed by atoms with Gasteiger partial charge in [0.15, 0.2) is 0 Å². The number of hydrogen-bond donors (Lipinski definition) is 1. The molecule has 1 aliphatic rings. The Morgan fingerprint density at radius 2 is 1.91 bits per heavy atom. The number of ether oxygens (including phenoxy) is 1. The van der Waals surface area contributed by atoms with Gasteiger partial charge in [-0.2, -0.15) is 5.26 Å². The number of halogens is 2. The van der Waals surface area contributed by atoms with Crippen LogP contribution < -0.4 is 15.0 Å². The zero-order valence-corrected chi connectivity index (χ0v) is 18.9. The number of nitrogens with one attached hydrogen (secondary N) is 1. The maximum absolute atomic E-state index is 12.8. The van der Waals surface area contributed by atoms with E-state index in [1.807, 2.05) is 12.1 Å². The molecule has 6 nitrogen and oxygen atoms in total. The third-order valence-electron chi connectivity index (χ3n) is 4.73. The molecule has 3 aromatic rings. The lowest BCUT2D eigenvalue weighted by atomic mass is 10.1. The molecule has 1 heterocycles. The van der Waals surface area contributed by atoms with Crippen molar-refractivity contribution in [3.05, 3.63) is 98.6 Å². The van der Waals surface area contributed by atoms with Gasteiger partial charge in [0.2, 0.25) is 0 Å². The van der Waals surface area contributed by atoms with Crippen molar-refractivity contribution >= 4 is 51.2 Å². The second-order valence-electron chi connectivity index (χ2n) is 6.86. The molecule has 1 N–H and O–H groups in total. The number of nitriles is 1. The number of imide groups is 1. The van der Waals surface area contributed by atoms with Crippen molar-refractivity contribution in [1.29, 1.82) is 5.26 Å². The molecule has 0 aliphatic carbocycles. The molecule has 4 rings (SSSR count). The second-order valence-corrected chi connectivity index (χ2v) is 8.15. The van der Waals surface area contributed by atoms with E-state index in [-0.39, 0.29) is 12.3 Å². The molecule has 3 aromatic carbocycles. The highest BCUT2D eigenvalue weighted by Gasteiger charge is 2.34. The monoisotopic (exact) mass is 507 g/mol. The van der Waals surface area contributed by atoms with Gasteiger partial charge in [-0.1, -0.05) is 41.9 Å². The molecule has 1 fully saturated rings. The molecule has 0 saturated carbocycles. The zero-order valence-electron chi connectivity index (χ0n) is 16.5. The van der Waals surface area contributed by atoms with Gasteiger partial charge in [-0.05, 0) is 64.0 Å². The minimum atomic E-state index is -0.543. The Kier molecular flexibility index (Phi) is 6.26. The summed E-state index contributed by atoms with van der Waals surface area (Å²) in [7, 11) is 0. The van der Waals surface area contributed by atoms with Crippen molar-refractivity contribution < 1.29 is 14.3 Å². The van der Waals surface area contributed by atoms with Crippen molar-refractivity contribution in [3.8, 4) is 11.8 Å². The van der Waals surface area contributed by atoms with Crippen LogP contribution in [-0.2, 0) is 11.4 Å².